The zero-order valence-electron chi connectivity index (χ0n) is 17.2. The molecule has 0 aliphatic rings. The molecule has 0 atom stereocenters. The number of aromatic nitrogens is 3. The van der Waals surface area contributed by atoms with Gasteiger partial charge in [-0.25, -0.2) is 5.43 Å². The number of hydrogen-bond donors (Lipinski definition) is 1. The molecule has 0 aliphatic heterocycles. The van der Waals surface area contributed by atoms with Crippen LogP contribution >= 0.6 is 11.8 Å². The molecule has 2 aromatic carbocycles. The van der Waals surface area contributed by atoms with Crippen molar-refractivity contribution in [2.24, 2.45) is 12.1 Å². The van der Waals surface area contributed by atoms with Gasteiger partial charge in [0, 0.05) is 30.0 Å². The molecule has 30 heavy (non-hydrogen) atoms. The molecule has 0 spiro atoms. The Bertz CT molecular complexity index is 1050. The van der Waals surface area contributed by atoms with Crippen LogP contribution in [0.15, 0.2) is 59.0 Å². The van der Waals surface area contributed by atoms with Crippen molar-refractivity contribution < 1.29 is 14.3 Å². The average Bonchev–Trinajstić information content (AvgIpc) is 3.20. The van der Waals surface area contributed by atoms with Crippen molar-refractivity contribution in [3.8, 4) is 11.5 Å². The lowest BCUT2D eigenvalue weighted by Crippen LogP contribution is -2.19. The molecule has 0 saturated heterocycles. The maximum atomic E-state index is 12.4. The number of ether oxygens (including phenoxy) is 2. The van der Waals surface area contributed by atoms with E-state index in [1.807, 2.05) is 35.9 Å². The third-order valence-electron chi connectivity index (χ3n) is 4.38. The number of amides is 1. The number of hydrazone groups is 1. The standard InChI is InChI=1S/C21H23N5O3S/c1-14(18-10-9-17(28-3)11-19(18)29-4)23-24-20(27)16-7-5-15(6-8-16)12-30-21-25-22-13-26(21)2/h5-11,13H,12H2,1-4H3,(H,24,27)/b23-14+. The minimum Gasteiger partial charge on any atom is -0.497 e. The van der Waals surface area contributed by atoms with Crippen LogP contribution in [-0.4, -0.2) is 40.6 Å². The van der Waals surface area contributed by atoms with Crippen molar-refractivity contribution >= 4 is 23.4 Å². The number of benzene rings is 2. The van der Waals surface area contributed by atoms with Crippen LogP contribution in [0.25, 0.3) is 0 Å². The lowest BCUT2D eigenvalue weighted by molar-refractivity contribution is 0.0955. The molecule has 9 heteroatoms. The van der Waals surface area contributed by atoms with Gasteiger partial charge in [0.15, 0.2) is 5.16 Å². The van der Waals surface area contributed by atoms with Crippen molar-refractivity contribution in [1.82, 2.24) is 20.2 Å². The summed E-state index contributed by atoms with van der Waals surface area (Å²) < 4.78 is 12.5. The molecule has 156 valence electrons. The maximum Gasteiger partial charge on any atom is 0.271 e. The molecule has 3 aromatic rings. The van der Waals surface area contributed by atoms with Gasteiger partial charge in [-0.1, -0.05) is 23.9 Å². The van der Waals surface area contributed by atoms with Gasteiger partial charge in [0.25, 0.3) is 5.91 Å². The molecule has 0 radical (unpaired) electrons. The maximum absolute atomic E-state index is 12.4. The Hall–Kier alpha value is -3.33. The Morgan fingerprint density at radius 2 is 1.93 bits per heavy atom. The minimum atomic E-state index is -0.283. The lowest BCUT2D eigenvalue weighted by atomic mass is 10.1. The smallest absolute Gasteiger partial charge is 0.271 e. The predicted octanol–water partition coefficient (Wildman–Crippen LogP) is 3.28. The van der Waals surface area contributed by atoms with E-state index >= 15 is 0 Å². The van der Waals surface area contributed by atoms with E-state index in [1.54, 1.807) is 57.4 Å². The highest BCUT2D eigenvalue weighted by atomic mass is 32.2. The van der Waals surface area contributed by atoms with Crippen LogP contribution in [0.5, 0.6) is 11.5 Å². The number of carbonyl (C=O) groups is 1. The SMILES string of the molecule is COc1ccc(/C(C)=N/NC(=O)c2ccc(CSc3nncn3C)cc2)c(OC)c1. The Morgan fingerprint density at radius 3 is 2.57 bits per heavy atom. The quantitative estimate of drug-likeness (QED) is 0.338. The number of rotatable bonds is 8. The van der Waals surface area contributed by atoms with Crippen LogP contribution in [0.3, 0.4) is 0 Å². The van der Waals surface area contributed by atoms with E-state index in [0.717, 1.165) is 22.0 Å². The second-order valence-electron chi connectivity index (χ2n) is 6.41. The summed E-state index contributed by atoms with van der Waals surface area (Å²) in [5.74, 6) is 1.76. The number of thioether (sulfide) groups is 1. The molecule has 1 heterocycles. The first kappa shape index (κ1) is 21.4. The second kappa shape index (κ2) is 9.93. The minimum absolute atomic E-state index is 0.283. The number of carbonyl (C=O) groups excluding carboxylic acids is 1. The van der Waals surface area contributed by atoms with E-state index in [0.29, 0.717) is 22.8 Å². The summed E-state index contributed by atoms with van der Waals surface area (Å²) in [5, 5.41) is 13.0. The van der Waals surface area contributed by atoms with Crippen LogP contribution in [0.1, 0.15) is 28.4 Å². The van der Waals surface area contributed by atoms with Gasteiger partial charge in [0.05, 0.1) is 19.9 Å². The molecule has 0 aliphatic carbocycles. The molecule has 8 nitrogen and oxygen atoms in total. The summed E-state index contributed by atoms with van der Waals surface area (Å²) in [5.41, 5.74) is 5.61. The summed E-state index contributed by atoms with van der Waals surface area (Å²) in [6, 6.07) is 12.8. The summed E-state index contributed by atoms with van der Waals surface area (Å²) >= 11 is 1.59. The first-order chi connectivity index (χ1) is 14.5. The van der Waals surface area contributed by atoms with E-state index in [4.69, 9.17) is 9.47 Å². The number of nitrogens with zero attached hydrogens (tertiary/aromatic N) is 4. The molecular weight excluding hydrogens is 402 g/mol. The van der Waals surface area contributed by atoms with Crippen LogP contribution in [0, 0.1) is 0 Å². The second-order valence-corrected chi connectivity index (χ2v) is 7.36. The van der Waals surface area contributed by atoms with Crippen molar-refractivity contribution in [2.75, 3.05) is 14.2 Å². The lowest BCUT2D eigenvalue weighted by Gasteiger charge is -2.10. The third-order valence-corrected chi connectivity index (χ3v) is 5.48. The molecule has 1 aromatic heterocycles. The molecule has 0 unspecified atom stereocenters. The molecule has 1 N–H and O–H groups in total. The number of nitrogens with one attached hydrogen (secondary N) is 1. The largest absolute Gasteiger partial charge is 0.497 e. The van der Waals surface area contributed by atoms with E-state index in [-0.39, 0.29) is 5.91 Å². The van der Waals surface area contributed by atoms with E-state index in [1.165, 1.54) is 0 Å². The van der Waals surface area contributed by atoms with Gasteiger partial charge >= 0.3 is 0 Å². The van der Waals surface area contributed by atoms with Gasteiger partial charge in [-0.15, -0.1) is 10.2 Å². The number of methoxy groups -OCH3 is 2. The molecule has 3 rings (SSSR count). The molecule has 1 amide bonds. The number of hydrogen-bond acceptors (Lipinski definition) is 7. The topological polar surface area (TPSA) is 90.6 Å². The average molecular weight is 426 g/mol. The third kappa shape index (κ3) is 5.18. The van der Waals surface area contributed by atoms with Crippen LogP contribution in [0.2, 0.25) is 0 Å². The summed E-state index contributed by atoms with van der Waals surface area (Å²) in [6.07, 6.45) is 1.67. The van der Waals surface area contributed by atoms with Gasteiger partial charge in [0.1, 0.15) is 17.8 Å². The fraction of sp³-hybridized carbons (Fsp3) is 0.238. The van der Waals surface area contributed by atoms with E-state index in [2.05, 4.69) is 20.7 Å². The summed E-state index contributed by atoms with van der Waals surface area (Å²) in [4.78, 5) is 12.4. The Kier molecular flexibility index (Phi) is 7.08. The summed E-state index contributed by atoms with van der Waals surface area (Å²) in [6.45, 7) is 1.80. The molecule has 0 fully saturated rings. The highest BCUT2D eigenvalue weighted by Crippen LogP contribution is 2.25. The van der Waals surface area contributed by atoms with Gasteiger partial charge in [-0.2, -0.15) is 5.10 Å². The van der Waals surface area contributed by atoms with Crippen LogP contribution < -0.4 is 14.9 Å². The zero-order valence-corrected chi connectivity index (χ0v) is 18.1. The van der Waals surface area contributed by atoms with Crippen LogP contribution in [0.4, 0.5) is 0 Å². The van der Waals surface area contributed by atoms with Gasteiger partial charge < -0.3 is 14.0 Å². The van der Waals surface area contributed by atoms with E-state index in [9.17, 15) is 4.79 Å². The van der Waals surface area contributed by atoms with Gasteiger partial charge in [0.2, 0.25) is 0 Å². The molecule has 0 bridgehead atoms. The zero-order chi connectivity index (χ0) is 21.5. The predicted molar refractivity (Wildman–Crippen MR) is 116 cm³/mol. The molecular formula is C21H23N5O3S. The van der Waals surface area contributed by atoms with Crippen LogP contribution in [-0.2, 0) is 12.8 Å². The Labute approximate surface area is 179 Å². The van der Waals surface area contributed by atoms with Gasteiger partial charge in [-0.05, 0) is 36.8 Å². The first-order valence-corrected chi connectivity index (χ1v) is 10.1. The first-order valence-electron chi connectivity index (χ1n) is 9.14. The highest BCUT2D eigenvalue weighted by Gasteiger charge is 2.10. The van der Waals surface area contributed by atoms with Crippen molar-refractivity contribution in [3.63, 3.8) is 0 Å². The summed E-state index contributed by atoms with van der Waals surface area (Å²) in [7, 11) is 5.07. The number of aryl methyl sites for hydroxylation is 1. The Balaban J connectivity index is 1.62. The molecule has 0 saturated carbocycles. The van der Waals surface area contributed by atoms with Crippen molar-refractivity contribution in [2.45, 2.75) is 17.8 Å². The highest BCUT2D eigenvalue weighted by molar-refractivity contribution is 7.98. The fourth-order valence-corrected chi connectivity index (χ4v) is 3.50. The van der Waals surface area contributed by atoms with Crippen molar-refractivity contribution in [3.05, 3.63) is 65.5 Å². The van der Waals surface area contributed by atoms with Crippen molar-refractivity contribution in [1.29, 1.82) is 0 Å². The Morgan fingerprint density at radius 1 is 1.17 bits per heavy atom. The normalized spacial score (nSPS) is 11.3. The van der Waals surface area contributed by atoms with E-state index < -0.39 is 0 Å². The fourth-order valence-electron chi connectivity index (χ4n) is 2.66. The van der Waals surface area contributed by atoms with Gasteiger partial charge in [-0.3, -0.25) is 4.79 Å². The monoisotopic (exact) mass is 425 g/mol.